The standard InChI is InChI=1S/C25H29N3O2/c1-18-11-13-20(14-12-18)16-24(29)28(22-9-4-3-5-10-22)17-23-26-25(27-30-23)21-8-6-7-19(2)15-21/h6-8,11-15,22H,3-5,9-10,16-17H2,1-2H3. The molecule has 1 fully saturated rings. The molecule has 1 saturated carbocycles. The summed E-state index contributed by atoms with van der Waals surface area (Å²) >= 11 is 0. The van der Waals surface area contributed by atoms with Crippen LogP contribution in [0.1, 0.15) is 54.7 Å². The molecule has 0 aliphatic heterocycles. The van der Waals surface area contributed by atoms with Gasteiger partial charge in [-0.25, -0.2) is 0 Å². The van der Waals surface area contributed by atoms with Gasteiger partial charge in [0, 0.05) is 11.6 Å². The second-order valence-electron chi connectivity index (χ2n) is 8.36. The Kier molecular flexibility index (Phi) is 6.26. The summed E-state index contributed by atoms with van der Waals surface area (Å²) in [6.45, 7) is 4.47. The lowest BCUT2D eigenvalue weighted by molar-refractivity contribution is -0.134. The molecule has 1 amide bonds. The van der Waals surface area contributed by atoms with Gasteiger partial charge in [0.1, 0.15) is 6.54 Å². The number of carbonyl (C=O) groups excluding carboxylic acids is 1. The molecule has 2 aromatic carbocycles. The Morgan fingerprint density at radius 1 is 1.03 bits per heavy atom. The summed E-state index contributed by atoms with van der Waals surface area (Å²) in [5, 5.41) is 4.15. The number of nitrogens with zero attached hydrogens (tertiary/aromatic N) is 3. The smallest absolute Gasteiger partial charge is 0.246 e. The molecule has 156 valence electrons. The van der Waals surface area contributed by atoms with Crippen LogP contribution in [0.25, 0.3) is 11.4 Å². The number of aryl methyl sites for hydroxylation is 2. The number of benzene rings is 2. The fraction of sp³-hybridized carbons (Fsp3) is 0.400. The lowest BCUT2D eigenvalue weighted by atomic mass is 9.93. The summed E-state index contributed by atoms with van der Waals surface area (Å²) in [7, 11) is 0. The van der Waals surface area contributed by atoms with Crippen LogP contribution in [0.5, 0.6) is 0 Å². The van der Waals surface area contributed by atoms with Crippen LogP contribution < -0.4 is 0 Å². The molecule has 0 atom stereocenters. The third-order valence-corrected chi connectivity index (χ3v) is 5.86. The molecule has 0 bridgehead atoms. The Hall–Kier alpha value is -2.95. The van der Waals surface area contributed by atoms with E-state index in [4.69, 9.17) is 4.52 Å². The molecular weight excluding hydrogens is 374 g/mol. The van der Waals surface area contributed by atoms with Crippen molar-refractivity contribution in [3.8, 4) is 11.4 Å². The molecule has 1 heterocycles. The van der Waals surface area contributed by atoms with Gasteiger partial charge in [0.05, 0.1) is 6.42 Å². The van der Waals surface area contributed by atoms with Crippen molar-refractivity contribution >= 4 is 5.91 Å². The highest BCUT2D eigenvalue weighted by molar-refractivity contribution is 5.79. The minimum absolute atomic E-state index is 0.126. The van der Waals surface area contributed by atoms with Crippen LogP contribution in [0, 0.1) is 13.8 Å². The Bertz CT molecular complexity index is 988. The van der Waals surface area contributed by atoms with E-state index >= 15 is 0 Å². The molecule has 0 unspecified atom stereocenters. The van der Waals surface area contributed by atoms with Crippen LogP contribution in [0.2, 0.25) is 0 Å². The van der Waals surface area contributed by atoms with Crippen molar-refractivity contribution in [3.05, 3.63) is 71.1 Å². The summed E-state index contributed by atoms with van der Waals surface area (Å²) < 4.78 is 5.54. The van der Waals surface area contributed by atoms with Crippen LogP contribution in [0.3, 0.4) is 0 Å². The summed E-state index contributed by atoms with van der Waals surface area (Å²) in [6, 6.07) is 16.5. The van der Waals surface area contributed by atoms with Gasteiger partial charge in [-0.05, 0) is 38.3 Å². The van der Waals surface area contributed by atoms with E-state index in [1.165, 1.54) is 12.0 Å². The molecular formula is C25H29N3O2. The van der Waals surface area contributed by atoms with Gasteiger partial charge >= 0.3 is 0 Å². The zero-order valence-corrected chi connectivity index (χ0v) is 17.8. The van der Waals surface area contributed by atoms with Crippen LogP contribution >= 0.6 is 0 Å². The minimum atomic E-state index is 0.126. The fourth-order valence-electron chi connectivity index (χ4n) is 4.16. The lowest BCUT2D eigenvalue weighted by Crippen LogP contribution is -2.41. The van der Waals surface area contributed by atoms with Crippen LogP contribution in [0.4, 0.5) is 0 Å². The van der Waals surface area contributed by atoms with Crippen molar-refractivity contribution < 1.29 is 9.32 Å². The first kappa shape index (κ1) is 20.3. The second-order valence-corrected chi connectivity index (χ2v) is 8.36. The fourth-order valence-corrected chi connectivity index (χ4v) is 4.16. The topological polar surface area (TPSA) is 59.2 Å². The van der Waals surface area contributed by atoms with E-state index in [0.717, 1.165) is 42.4 Å². The molecule has 5 nitrogen and oxygen atoms in total. The third-order valence-electron chi connectivity index (χ3n) is 5.86. The minimum Gasteiger partial charge on any atom is -0.337 e. The van der Waals surface area contributed by atoms with Gasteiger partial charge in [0.2, 0.25) is 17.6 Å². The number of carbonyl (C=O) groups is 1. The summed E-state index contributed by atoms with van der Waals surface area (Å²) in [5.74, 6) is 1.19. The van der Waals surface area contributed by atoms with E-state index in [1.54, 1.807) is 0 Å². The molecule has 1 aliphatic carbocycles. The highest BCUT2D eigenvalue weighted by Crippen LogP contribution is 2.25. The molecule has 0 saturated heterocycles. The van der Waals surface area contributed by atoms with E-state index in [9.17, 15) is 4.79 Å². The molecule has 4 rings (SSSR count). The van der Waals surface area contributed by atoms with E-state index in [0.29, 0.717) is 24.7 Å². The van der Waals surface area contributed by atoms with Crippen molar-refractivity contribution in [1.82, 2.24) is 15.0 Å². The van der Waals surface area contributed by atoms with Crippen molar-refractivity contribution in [3.63, 3.8) is 0 Å². The van der Waals surface area contributed by atoms with Crippen molar-refractivity contribution in [2.75, 3.05) is 0 Å². The SMILES string of the molecule is Cc1ccc(CC(=O)N(Cc2nc(-c3cccc(C)c3)no2)C2CCCCC2)cc1. The molecule has 3 aromatic rings. The van der Waals surface area contributed by atoms with E-state index in [1.807, 2.05) is 48.2 Å². The Labute approximate surface area is 178 Å². The average Bonchev–Trinajstić information content (AvgIpc) is 3.23. The van der Waals surface area contributed by atoms with Crippen molar-refractivity contribution in [2.24, 2.45) is 0 Å². The molecule has 0 radical (unpaired) electrons. The van der Waals surface area contributed by atoms with Crippen LogP contribution in [-0.2, 0) is 17.8 Å². The predicted molar refractivity (Wildman–Crippen MR) is 117 cm³/mol. The predicted octanol–water partition coefficient (Wildman–Crippen LogP) is 5.26. The first-order valence-corrected chi connectivity index (χ1v) is 10.8. The Morgan fingerprint density at radius 3 is 2.53 bits per heavy atom. The largest absolute Gasteiger partial charge is 0.337 e. The Morgan fingerprint density at radius 2 is 1.80 bits per heavy atom. The molecule has 0 spiro atoms. The van der Waals surface area contributed by atoms with Gasteiger partial charge in [-0.1, -0.05) is 78.0 Å². The van der Waals surface area contributed by atoms with Crippen LogP contribution in [0.15, 0.2) is 53.1 Å². The lowest BCUT2D eigenvalue weighted by Gasteiger charge is -2.33. The van der Waals surface area contributed by atoms with Gasteiger partial charge in [0.25, 0.3) is 0 Å². The molecule has 30 heavy (non-hydrogen) atoms. The number of hydrogen-bond donors (Lipinski definition) is 0. The number of amides is 1. The first-order valence-electron chi connectivity index (χ1n) is 10.8. The van der Waals surface area contributed by atoms with Crippen molar-refractivity contribution in [2.45, 2.75) is 65.0 Å². The highest BCUT2D eigenvalue weighted by Gasteiger charge is 2.27. The number of rotatable bonds is 6. The molecule has 5 heteroatoms. The quantitative estimate of drug-likeness (QED) is 0.563. The normalized spacial score (nSPS) is 14.6. The number of hydrogen-bond acceptors (Lipinski definition) is 4. The van der Waals surface area contributed by atoms with E-state index in [2.05, 4.69) is 29.2 Å². The summed E-state index contributed by atoms with van der Waals surface area (Å²) in [4.78, 5) is 19.8. The second kappa shape index (κ2) is 9.24. The van der Waals surface area contributed by atoms with Gasteiger partial charge in [-0.3, -0.25) is 4.79 Å². The molecule has 1 aliphatic rings. The maximum absolute atomic E-state index is 13.3. The van der Waals surface area contributed by atoms with Gasteiger partial charge in [0.15, 0.2) is 0 Å². The monoisotopic (exact) mass is 403 g/mol. The summed E-state index contributed by atoms with van der Waals surface area (Å²) in [5.41, 5.74) is 4.32. The maximum atomic E-state index is 13.3. The zero-order chi connectivity index (χ0) is 20.9. The summed E-state index contributed by atoms with van der Waals surface area (Å²) in [6.07, 6.45) is 6.05. The third kappa shape index (κ3) is 4.96. The molecule has 0 N–H and O–H groups in total. The van der Waals surface area contributed by atoms with Gasteiger partial charge in [-0.15, -0.1) is 0 Å². The molecule has 1 aromatic heterocycles. The van der Waals surface area contributed by atoms with Crippen molar-refractivity contribution in [1.29, 1.82) is 0 Å². The highest BCUT2D eigenvalue weighted by atomic mass is 16.5. The number of aromatic nitrogens is 2. The van der Waals surface area contributed by atoms with Gasteiger partial charge < -0.3 is 9.42 Å². The van der Waals surface area contributed by atoms with Gasteiger partial charge in [-0.2, -0.15) is 4.98 Å². The van der Waals surface area contributed by atoms with Crippen LogP contribution in [-0.4, -0.2) is 27.0 Å². The first-order chi connectivity index (χ1) is 14.6. The zero-order valence-electron chi connectivity index (χ0n) is 17.8. The maximum Gasteiger partial charge on any atom is 0.246 e. The van der Waals surface area contributed by atoms with E-state index < -0.39 is 0 Å². The van der Waals surface area contributed by atoms with E-state index in [-0.39, 0.29) is 11.9 Å². The Balaban J connectivity index is 1.52. The average molecular weight is 404 g/mol.